The van der Waals surface area contributed by atoms with Crippen LogP contribution in [-0.4, -0.2) is 20.7 Å². The summed E-state index contributed by atoms with van der Waals surface area (Å²) in [5.41, 5.74) is 4.63. The van der Waals surface area contributed by atoms with Crippen molar-refractivity contribution in [2.24, 2.45) is 0 Å². The number of nitrogens with zero attached hydrogens (tertiary/aromatic N) is 3. The first-order chi connectivity index (χ1) is 11.0. The van der Waals surface area contributed by atoms with Gasteiger partial charge in [0.1, 0.15) is 0 Å². The number of nitrogens with one attached hydrogen (secondary N) is 1. The highest BCUT2D eigenvalue weighted by molar-refractivity contribution is 7.12. The molecule has 0 bridgehead atoms. The number of thiazole rings is 1. The maximum Gasteiger partial charge on any atom is 0.230 e. The molecular weight excluding hydrogens is 308 g/mol. The van der Waals surface area contributed by atoms with Gasteiger partial charge >= 0.3 is 0 Å². The third-order valence-electron chi connectivity index (χ3n) is 3.49. The van der Waals surface area contributed by atoms with Crippen LogP contribution in [0.3, 0.4) is 0 Å². The molecule has 1 aromatic carbocycles. The molecule has 0 spiro atoms. The molecule has 3 rings (SSSR count). The third-order valence-corrected chi connectivity index (χ3v) is 4.36. The Balaban J connectivity index is 1.71. The minimum Gasteiger partial charge on any atom is -0.326 e. The van der Waals surface area contributed by atoms with E-state index in [4.69, 9.17) is 0 Å². The van der Waals surface area contributed by atoms with Crippen molar-refractivity contribution in [1.82, 2.24) is 14.8 Å². The largest absolute Gasteiger partial charge is 0.326 e. The number of rotatable bonds is 4. The van der Waals surface area contributed by atoms with Gasteiger partial charge in [-0.15, -0.1) is 11.3 Å². The maximum atomic E-state index is 12.2. The molecule has 5 nitrogen and oxygen atoms in total. The van der Waals surface area contributed by atoms with Crippen LogP contribution >= 0.6 is 11.3 Å². The van der Waals surface area contributed by atoms with Crippen LogP contribution in [0.5, 0.6) is 0 Å². The van der Waals surface area contributed by atoms with Crippen LogP contribution in [0, 0.1) is 20.8 Å². The zero-order valence-corrected chi connectivity index (χ0v) is 14.1. The molecule has 0 radical (unpaired) electrons. The van der Waals surface area contributed by atoms with Gasteiger partial charge in [0, 0.05) is 16.8 Å². The Morgan fingerprint density at radius 1 is 1.26 bits per heavy atom. The average molecular weight is 326 g/mol. The van der Waals surface area contributed by atoms with E-state index in [0.717, 1.165) is 33.5 Å². The molecule has 2 heterocycles. The highest BCUT2D eigenvalue weighted by Gasteiger charge is 2.12. The van der Waals surface area contributed by atoms with Gasteiger partial charge in [0.05, 0.1) is 17.8 Å². The number of aryl methyl sites for hydroxylation is 3. The van der Waals surface area contributed by atoms with Gasteiger partial charge in [-0.05, 0) is 38.5 Å². The summed E-state index contributed by atoms with van der Waals surface area (Å²) in [5, 5.41) is 10.0. The molecule has 0 aliphatic carbocycles. The number of hydrogen-bond acceptors (Lipinski definition) is 4. The number of hydrogen-bond donors (Lipinski definition) is 1. The molecule has 23 heavy (non-hydrogen) atoms. The van der Waals surface area contributed by atoms with Crippen LogP contribution < -0.4 is 5.32 Å². The Labute approximate surface area is 139 Å². The average Bonchev–Trinajstić information content (AvgIpc) is 3.07. The second-order valence-electron chi connectivity index (χ2n) is 5.50. The second kappa shape index (κ2) is 6.34. The Morgan fingerprint density at radius 3 is 2.74 bits per heavy atom. The SMILES string of the molecule is Cc1cc(C)n(-c2nc(CC(=O)Nc3ccccc3C)cs2)n1. The lowest BCUT2D eigenvalue weighted by Crippen LogP contribution is -2.15. The Bertz CT molecular complexity index is 850. The summed E-state index contributed by atoms with van der Waals surface area (Å²) in [6, 6.07) is 9.74. The fourth-order valence-corrected chi connectivity index (χ4v) is 3.20. The molecule has 0 fully saturated rings. The molecular formula is C17H18N4OS. The number of aromatic nitrogens is 3. The van der Waals surface area contributed by atoms with E-state index in [1.54, 1.807) is 0 Å². The van der Waals surface area contributed by atoms with E-state index >= 15 is 0 Å². The van der Waals surface area contributed by atoms with Gasteiger partial charge in [-0.1, -0.05) is 18.2 Å². The minimum atomic E-state index is -0.0653. The summed E-state index contributed by atoms with van der Waals surface area (Å²) in [6.07, 6.45) is 0.254. The summed E-state index contributed by atoms with van der Waals surface area (Å²) < 4.78 is 1.81. The third kappa shape index (κ3) is 3.48. The van der Waals surface area contributed by atoms with Crippen LogP contribution in [0.1, 0.15) is 22.6 Å². The van der Waals surface area contributed by atoms with Gasteiger partial charge in [-0.2, -0.15) is 5.10 Å². The van der Waals surface area contributed by atoms with Crippen molar-refractivity contribution in [3.8, 4) is 5.13 Å². The number of anilines is 1. The summed E-state index contributed by atoms with van der Waals surface area (Å²) in [7, 11) is 0. The van der Waals surface area contributed by atoms with Gasteiger partial charge in [0.15, 0.2) is 0 Å². The van der Waals surface area contributed by atoms with Crippen molar-refractivity contribution in [3.63, 3.8) is 0 Å². The lowest BCUT2D eigenvalue weighted by atomic mass is 10.2. The second-order valence-corrected chi connectivity index (χ2v) is 6.34. The Morgan fingerprint density at radius 2 is 2.04 bits per heavy atom. The molecule has 0 atom stereocenters. The van der Waals surface area contributed by atoms with Crippen LogP contribution in [0.15, 0.2) is 35.7 Å². The number of carbonyl (C=O) groups excluding carboxylic acids is 1. The fraction of sp³-hybridized carbons (Fsp3) is 0.235. The van der Waals surface area contributed by atoms with Crippen molar-refractivity contribution in [1.29, 1.82) is 0 Å². The maximum absolute atomic E-state index is 12.2. The number of benzene rings is 1. The van der Waals surface area contributed by atoms with Crippen molar-refractivity contribution in [2.75, 3.05) is 5.32 Å². The predicted molar refractivity (Wildman–Crippen MR) is 92.2 cm³/mol. The Kier molecular flexibility index (Phi) is 4.25. The van der Waals surface area contributed by atoms with E-state index in [2.05, 4.69) is 15.4 Å². The van der Waals surface area contributed by atoms with Crippen LogP contribution in [-0.2, 0) is 11.2 Å². The van der Waals surface area contributed by atoms with Gasteiger partial charge in [-0.25, -0.2) is 9.67 Å². The van der Waals surface area contributed by atoms with Gasteiger partial charge in [0.25, 0.3) is 0 Å². The first-order valence-electron chi connectivity index (χ1n) is 7.36. The highest BCUT2D eigenvalue weighted by atomic mass is 32.1. The van der Waals surface area contributed by atoms with E-state index in [1.165, 1.54) is 11.3 Å². The number of carbonyl (C=O) groups is 1. The topological polar surface area (TPSA) is 59.8 Å². The molecule has 118 valence electrons. The highest BCUT2D eigenvalue weighted by Crippen LogP contribution is 2.18. The van der Waals surface area contributed by atoms with Gasteiger partial charge in [-0.3, -0.25) is 4.79 Å². The lowest BCUT2D eigenvalue weighted by molar-refractivity contribution is -0.115. The van der Waals surface area contributed by atoms with Crippen molar-refractivity contribution < 1.29 is 4.79 Å². The lowest BCUT2D eigenvalue weighted by Gasteiger charge is -2.06. The normalized spacial score (nSPS) is 10.7. The molecule has 1 amide bonds. The van der Waals surface area contributed by atoms with Crippen molar-refractivity contribution >= 4 is 22.9 Å². The van der Waals surface area contributed by atoms with Crippen molar-refractivity contribution in [2.45, 2.75) is 27.2 Å². The van der Waals surface area contributed by atoms with Gasteiger partial charge < -0.3 is 5.32 Å². The summed E-state index contributed by atoms with van der Waals surface area (Å²) in [5.74, 6) is -0.0653. The molecule has 6 heteroatoms. The molecule has 0 unspecified atom stereocenters. The zero-order valence-electron chi connectivity index (χ0n) is 13.3. The van der Waals surface area contributed by atoms with Crippen LogP contribution in [0.25, 0.3) is 5.13 Å². The van der Waals surface area contributed by atoms with E-state index in [9.17, 15) is 4.79 Å². The smallest absolute Gasteiger partial charge is 0.230 e. The predicted octanol–water partition coefficient (Wildman–Crippen LogP) is 3.44. The summed E-state index contributed by atoms with van der Waals surface area (Å²) in [4.78, 5) is 16.7. The molecule has 1 N–H and O–H groups in total. The van der Waals surface area contributed by atoms with Gasteiger partial charge in [0.2, 0.25) is 11.0 Å². The summed E-state index contributed by atoms with van der Waals surface area (Å²) >= 11 is 1.49. The number of para-hydroxylation sites is 1. The standard InChI is InChI=1S/C17H18N4OS/c1-11-6-4-5-7-15(11)19-16(22)9-14-10-23-17(18-14)21-13(3)8-12(2)20-21/h4-8,10H,9H2,1-3H3,(H,19,22). The monoisotopic (exact) mass is 326 g/mol. The fourth-order valence-electron chi connectivity index (χ4n) is 2.37. The first-order valence-corrected chi connectivity index (χ1v) is 8.24. The first kappa shape index (κ1) is 15.4. The Hall–Kier alpha value is -2.47. The van der Waals surface area contributed by atoms with E-state index in [1.807, 2.05) is 61.2 Å². The molecule has 0 saturated heterocycles. The molecule has 0 aliphatic rings. The van der Waals surface area contributed by atoms with E-state index in [-0.39, 0.29) is 12.3 Å². The number of amides is 1. The summed E-state index contributed by atoms with van der Waals surface area (Å²) in [6.45, 7) is 5.92. The molecule has 0 aliphatic heterocycles. The van der Waals surface area contributed by atoms with Crippen LogP contribution in [0.2, 0.25) is 0 Å². The molecule has 2 aromatic heterocycles. The molecule has 0 saturated carbocycles. The van der Waals surface area contributed by atoms with Crippen LogP contribution in [0.4, 0.5) is 5.69 Å². The van der Waals surface area contributed by atoms with E-state index < -0.39 is 0 Å². The van der Waals surface area contributed by atoms with Crippen molar-refractivity contribution in [3.05, 3.63) is 58.4 Å². The minimum absolute atomic E-state index is 0.0653. The van der Waals surface area contributed by atoms with E-state index in [0.29, 0.717) is 0 Å². The zero-order chi connectivity index (χ0) is 16.4. The quantitative estimate of drug-likeness (QED) is 0.799. The molecule has 3 aromatic rings.